The largest absolute Gasteiger partial charge is 0.474 e. The molecule has 0 saturated carbocycles. The van der Waals surface area contributed by atoms with Gasteiger partial charge in [-0.25, -0.2) is 4.99 Å². The molecule has 4 rings (SSSR count). The van der Waals surface area contributed by atoms with Gasteiger partial charge in [0.15, 0.2) is 0 Å². The molecule has 0 amide bonds. The molecule has 138 valence electrons. The van der Waals surface area contributed by atoms with Crippen LogP contribution in [0.5, 0.6) is 0 Å². The number of nitrogens with zero attached hydrogens (tertiary/aromatic N) is 2. The first kappa shape index (κ1) is 17.9. The third-order valence-corrected chi connectivity index (χ3v) is 5.81. The average molecular weight is 377 g/mol. The van der Waals surface area contributed by atoms with Gasteiger partial charge in [-0.2, -0.15) is 11.8 Å². The molecule has 1 aromatic heterocycles. The zero-order valence-corrected chi connectivity index (χ0v) is 16.4. The van der Waals surface area contributed by atoms with Crippen molar-refractivity contribution in [1.29, 1.82) is 0 Å². The van der Waals surface area contributed by atoms with Crippen LogP contribution in [0.15, 0.2) is 77.9 Å². The van der Waals surface area contributed by atoms with E-state index in [1.54, 1.807) is 0 Å². The van der Waals surface area contributed by atoms with E-state index in [9.17, 15) is 0 Å². The molecule has 0 saturated heterocycles. The van der Waals surface area contributed by atoms with Gasteiger partial charge in [-0.15, -0.1) is 0 Å². The number of aromatic nitrogens is 1. The highest BCUT2D eigenvalue weighted by Gasteiger charge is 2.22. The number of benzene rings is 2. The Bertz CT molecular complexity index is 900. The van der Waals surface area contributed by atoms with Crippen LogP contribution in [0.2, 0.25) is 0 Å². The Hall–Kier alpha value is -2.46. The van der Waals surface area contributed by atoms with Crippen molar-refractivity contribution >= 4 is 17.7 Å². The van der Waals surface area contributed by atoms with Gasteiger partial charge >= 0.3 is 0 Å². The summed E-state index contributed by atoms with van der Waals surface area (Å²) >= 11 is 1.92. The quantitative estimate of drug-likeness (QED) is 0.585. The van der Waals surface area contributed by atoms with E-state index in [2.05, 4.69) is 84.4 Å². The standard InChI is InChI=1S/C23H24N2OS/c1-18-9-11-19(12-10-18)14-25-13-5-8-22(25)23-24-21(15-26-23)17-27-16-20-6-3-2-4-7-20/h2-13,21H,14-17H2,1H3/t21-/m1/s1. The summed E-state index contributed by atoms with van der Waals surface area (Å²) in [7, 11) is 0. The molecule has 1 atom stereocenters. The zero-order valence-electron chi connectivity index (χ0n) is 15.5. The topological polar surface area (TPSA) is 26.5 Å². The first-order valence-electron chi connectivity index (χ1n) is 9.31. The van der Waals surface area contributed by atoms with E-state index in [4.69, 9.17) is 9.73 Å². The number of hydrogen-bond donors (Lipinski definition) is 0. The molecule has 1 aliphatic heterocycles. The third-order valence-electron chi connectivity index (χ3n) is 4.66. The van der Waals surface area contributed by atoms with E-state index in [1.807, 2.05) is 11.8 Å². The number of aliphatic imine (C=N–C) groups is 1. The van der Waals surface area contributed by atoms with Crippen LogP contribution >= 0.6 is 11.8 Å². The van der Waals surface area contributed by atoms with Crippen LogP contribution in [-0.2, 0) is 17.0 Å². The maximum atomic E-state index is 5.93. The molecule has 0 unspecified atom stereocenters. The van der Waals surface area contributed by atoms with Crippen molar-refractivity contribution in [2.24, 2.45) is 4.99 Å². The van der Waals surface area contributed by atoms with E-state index in [1.165, 1.54) is 16.7 Å². The van der Waals surface area contributed by atoms with Crippen molar-refractivity contribution in [1.82, 2.24) is 4.57 Å². The molecule has 0 N–H and O–H groups in total. The molecule has 27 heavy (non-hydrogen) atoms. The fourth-order valence-electron chi connectivity index (χ4n) is 3.16. The van der Waals surface area contributed by atoms with Gasteiger partial charge in [-0.05, 0) is 30.2 Å². The van der Waals surface area contributed by atoms with E-state index in [-0.39, 0.29) is 6.04 Å². The average Bonchev–Trinajstić information content (AvgIpc) is 3.34. The summed E-state index contributed by atoms with van der Waals surface area (Å²) < 4.78 is 8.14. The molecular weight excluding hydrogens is 352 g/mol. The lowest BCUT2D eigenvalue weighted by Gasteiger charge is -2.09. The fourth-order valence-corrected chi connectivity index (χ4v) is 4.15. The van der Waals surface area contributed by atoms with Gasteiger partial charge in [0.25, 0.3) is 0 Å². The predicted molar refractivity (Wildman–Crippen MR) is 114 cm³/mol. The molecule has 3 aromatic rings. The Labute approximate surface area is 165 Å². The van der Waals surface area contributed by atoms with Gasteiger partial charge in [0, 0.05) is 24.2 Å². The van der Waals surface area contributed by atoms with Crippen molar-refractivity contribution < 1.29 is 4.74 Å². The molecule has 0 spiro atoms. The number of ether oxygens (including phenoxy) is 1. The smallest absolute Gasteiger partial charge is 0.233 e. The minimum atomic E-state index is 0.233. The van der Waals surface area contributed by atoms with Crippen LogP contribution in [0.1, 0.15) is 22.4 Å². The maximum Gasteiger partial charge on any atom is 0.233 e. The lowest BCUT2D eigenvalue weighted by molar-refractivity contribution is 0.323. The molecule has 1 aliphatic rings. The Morgan fingerprint density at radius 3 is 2.63 bits per heavy atom. The molecule has 0 aliphatic carbocycles. The Kier molecular flexibility index (Phi) is 5.64. The lowest BCUT2D eigenvalue weighted by Crippen LogP contribution is -2.11. The van der Waals surface area contributed by atoms with E-state index in [0.29, 0.717) is 6.61 Å². The van der Waals surface area contributed by atoms with Crippen LogP contribution in [0.25, 0.3) is 0 Å². The van der Waals surface area contributed by atoms with Gasteiger partial charge in [-0.3, -0.25) is 0 Å². The highest BCUT2D eigenvalue weighted by Crippen LogP contribution is 2.20. The maximum absolute atomic E-state index is 5.93. The summed E-state index contributed by atoms with van der Waals surface area (Å²) in [5, 5.41) is 0. The minimum Gasteiger partial charge on any atom is -0.474 e. The van der Waals surface area contributed by atoms with Gasteiger partial charge in [-0.1, -0.05) is 60.2 Å². The molecule has 2 heterocycles. The number of hydrogen-bond acceptors (Lipinski definition) is 3. The van der Waals surface area contributed by atoms with Gasteiger partial charge in [0.1, 0.15) is 12.3 Å². The van der Waals surface area contributed by atoms with Crippen LogP contribution in [-0.4, -0.2) is 28.9 Å². The zero-order chi connectivity index (χ0) is 18.5. The van der Waals surface area contributed by atoms with Crippen molar-refractivity contribution in [3.05, 3.63) is 95.3 Å². The van der Waals surface area contributed by atoms with Crippen LogP contribution in [0.3, 0.4) is 0 Å². The summed E-state index contributed by atoms with van der Waals surface area (Å²) in [6, 6.07) is 23.6. The number of rotatable bonds is 7. The van der Waals surface area contributed by atoms with E-state index < -0.39 is 0 Å². The molecular formula is C23H24N2OS. The van der Waals surface area contributed by atoms with Crippen molar-refractivity contribution in [3.63, 3.8) is 0 Å². The van der Waals surface area contributed by atoms with Crippen LogP contribution in [0, 0.1) is 6.92 Å². The normalized spacial score (nSPS) is 16.2. The van der Waals surface area contributed by atoms with Crippen LogP contribution < -0.4 is 0 Å². The second kappa shape index (κ2) is 8.49. The molecule has 0 fully saturated rings. The Balaban J connectivity index is 1.37. The lowest BCUT2D eigenvalue weighted by atomic mass is 10.1. The van der Waals surface area contributed by atoms with E-state index in [0.717, 1.165) is 29.6 Å². The molecule has 3 nitrogen and oxygen atoms in total. The highest BCUT2D eigenvalue weighted by molar-refractivity contribution is 7.98. The highest BCUT2D eigenvalue weighted by atomic mass is 32.2. The second-order valence-corrected chi connectivity index (χ2v) is 7.94. The number of aryl methyl sites for hydroxylation is 1. The van der Waals surface area contributed by atoms with E-state index >= 15 is 0 Å². The molecule has 2 aromatic carbocycles. The number of thioether (sulfide) groups is 1. The van der Waals surface area contributed by atoms with Gasteiger partial charge in [0.2, 0.25) is 5.90 Å². The van der Waals surface area contributed by atoms with Crippen molar-refractivity contribution in [2.75, 3.05) is 12.4 Å². The van der Waals surface area contributed by atoms with Crippen molar-refractivity contribution in [3.8, 4) is 0 Å². The Morgan fingerprint density at radius 2 is 1.81 bits per heavy atom. The van der Waals surface area contributed by atoms with Crippen molar-refractivity contribution in [2.45, 2.75) is 25.3 Å². The SMILES string of the molecule is Cc1ccc(Cn2cccc2C2=N[C@@H](CSCc3ccccc3)CO2)cc1. The first-order valence-corrected chi connectivity index (χ1v) is 10.5. The minimum absolute atomic E-state index is 0.233. The Morgan fingerprint density at radius 1 is 1.00 bits per heavy atom. The fraction of sp³-hybridized carbons (Fsp3) is 0.261. The molecule has 4 heteroatoms. The summed E-state index contributed by atoms with van der Waals surface area (Å²) in [5.74, 6) is 2.78. The predicted octanol–water partition coefficient (Wildman–Crippen LogP) is 4.92. The van der Waals surface area contributed by atoms with Gasteiger partial charge < -0.3 is 9.30 Å². The summed E-state index contributed by atoms with van der Waals surface area (Å²) in [6.07, 6.45) is 2.10. The summed E-state index contributed by atoms with van der Waals surface area (Å²) in [4.78, 5) is 4.83. The third kappa shape index (κ3) is 4.64. The monoisotopic (exact) mass is 376 g/mol. The molecule has 0 radical (unpaired) electrons. The van der Waals surface area contributed by atoms with Crippen LogP contribution in [0.4, 0.5) is 0 Å². The summed E-state index contributed by atoms with van der Waals surface area (Å²) in [6.45, 7) is 3.62. The molecule has 0 bridgehead atoms. The second-order valence-electron chi connectivity index (χ2n) is 6.91. The van der Waals surface area contributed by atoms with Gasteiger partial charge in [0.05, 0.1) is 6.04 Å². The summed E-state index contributed by atoms with van der Waals surface area (Å²) in [5.41, 5.74) is 4.99. The first-order chi connectivity index (χ1) is 13.3.